The highest BCUT2D eigenvalue weighted by Crippen LogP contribution is 2.46. The fourth-order valence-electron chi connectivity index (χ4n) is 6.85. The van der Waals surface area contributed by atoms with Gasteiger partial charge in [0, 0.05) is 7.11 Å². The lowest BCUT2D eigenvalue weighted by atomic mass is 9.68. The molecule has 0 spiro atoms. The lowest BCUT2D eigenvalue weighted by molar-refractivity contribution is -0.131. The van der Waals surface area contributed by atoms with Gasteiger partial charge in [-0.25, -0.2) is 9.59 Å². The zero-order valence-electron chi connectivity index (χ0n) is 25.9. The van der Waals surface area contributed by atoms with E-state index in [1.807, 2.05) is 24.3 Å². The van der Waals surface area contributed by atoms with Crippen molar-refractivity contribution >= 4 is 11.9 Å². The molecule has 2 aliphatic carbocycles. The van der Waals surface area contributed by atoms with Crippen LogP contribution in [0, 0.1) is 17.8 Å². The van der Waals surface area contributed by atoms with Crippen LogP contribution in [0.2, 0.25) is 0 Å². The largest absolute Gasteiger partial charge is 0.423 e. The van der Waals surface area contributed by atoms with Crippen molar-refractivity contribution in [2.75, 3.05) is 20.3 Å². The number of rotatable bonds is 13. The van der Waals surface area contributed by atoms with Crippen molar-refractivity contribution in [1.82, 2.24) is 0 Å². The third-order valence-corrected chi connectivity index (χ3v) is 9.43. The number of carbonyl (C=O) groups is 2. The molecule has 0 bridgehead atoms. The Balaban J connectivity index is 1.48. The first kappa shape index (κ1) is 32.7. The Labute approximate surface area is 257 Å². The van der Waals surface area contributed by atoms with Crippen molar-refractivity contribution in [3.63, 3.8) is 0 Å². The maximum absolute atomic E-state index is 12.8. The van der Waals surface area contributed by atoms with E-state index in [1.165, 1.54) is 64.9 Å². The van der Waals surface area contributed by atoms with Crippen molar-refractivity contribution in [2.45, 2.75) is 83.5 Å². The average Bonchev–Trinajstić information content (AvgIpc) is 3.04. The van der Waals surface area contributed by atoms with Gasteiger partial charge in [0.25, 0.3) is 0 Å². The first-order valence-corrected chi connectivity index (χ1v) is 16.0. The molecule has 0 atom stereocenters. The number of aliphatic hydroxyl groups excluding tert-OH is 1. The minimum atomic E-state index is -0.654. The molecule has 2 fully saturated rings. The Morgan fingerprint density at radius 2 is 1.42 bits per heavy atom. The first-order chi connectivity index (χ1) is 20.8. The number of hydrogen-bond acceptors (Lipinski definition) is 6. The number of benzene rings is 2. The molecule has 1 N–H and O–H groups in total. The van der Waals surface area contributed by atoms with E-state index in [4.69, 9.17) is 19.3 Å². The molecule has 2 aromatic rings. The van der Waals surface area contributed by atoms with Crippen LogP contribution >= 0.6 is 0 Å². The van der Waals surface area contributed by atoms with E-state index < -0.39 is 18.5 Å². The predicted molar refractivity (Wildman–Crippen MR) is 170 cm³/mol. The summed E-state index contributed by atoms with van der Waals surface area (Å²) in [6, 6.07) is 13.2. The molecule has 0 saturated heterocycles. The molecule has 0 aromatic heterocycles. The maximum atomic E-state index is 12.8. The van der Waals surface area contributed by atoms with Crippen LogP contribution in [0.3, 0.4) is 0 Å². The van der Waals surface area contributed by atoms with Crippen molar-refractivity contribution in [2.24, 2.45) is 17.8 Å². The fourth-order valence-corrected chi connectivity index (χ4v) is 6.85. The summed E-state index contributed by atoms with van der Waals surface area (Å²) in [4.78, 5) is 24.7. The van der Waals surface area contributed by atoms with E-state index >= 15 is 0 Å². The molecule has 4 rings (SSSR count). The van der Waals surface area contributed by atoms with E-state index in [2.05, 4.69) is 26.1 Å². The van der Waals surface area contributed by atoms with E-state index in [0.29, 0.717) is 17.4 Å². The summed E-state index contributed by atoms with van der Waals surface area (Å²) in [5, 5.41) is 9.12. The van der Waals surface area contributed by atoms with Crippen LogP contribution in [0.1, 0.15) is 89.0 Å². The van der Waals surface area contributed by atoms with Gasteiger partial charge in [0.1, 0.15) is 11.5 Å². The summed E-state index contributed by atoms with van der Waals surface area (Å²) >= 11 is 0. The Kier molecular flexibility index (Phi) is 12.2. The number of aliphatic hydroxyl groups is 1. The smallest absolute Gasteiger partial charge is 0.341 e. The van der Waals surface area contributed by atoms with Gasteiger partial charge in [-0.1, -0.05) is 70.4 Å². The monoisotopic (exact) mass is 588 g/mol. The molecule has 0 radical (unpaired) electrons. The van der Waals surface area contributed by atoms with Crippen LogP contribution in [0.25, 0.3) is 11.1 Å². The van der Waals surface area contributed by atoms with Crippen molar-refractivity contribution < 1.29 is 28.9 Å². The number of unbranched alkanes of at least 4 members (excludes halogenated alkanes) is 1. The van der Waals surface area contributed by atoms with E-state index in [0.717, 1.165) is 47.3 Å². The van der Waals surface area contributed by atoms with Crippen molar-refractivity contribution in [1.29, 1.82) is 0 Å². The van der Waals surface area contributed by atoms with Gasteiger partial charge in [0.15, 0.2) is 0 Å². The van der Waals surface area contributed by atoms with Crippen LogP contribution < -0.4 is 9.47 Å². The van der Waals surface area contributed by atoms with Gasteiger partial charge >= 0.3 is 11.9 Å². The lowest BCUT2D eigenvalue weighted by Crippen LogP contribution is -2.25. The quantitative estimate of drug-likeness (QED) is 0.144. The van der Waals surface area contributed by atoms with Gasteiger partial charge in [0.2, 0.25) is 0 Å². The molecule has 6 nitrogen and oxygen atoms in total. The molecule has 2 aliphatic rings. The molecule has 0 heterocycles. The molecule has 0 unspecified atom stereocenters. The minimum absolute atomic E-state index is 0.00131. The van der Waals surface area contributed by atoms with E-state index in [1.54, 1.807) is 12.1 Å². The Morgan fingerprint density at radius 3 is 2.02 bits per heavy atom. The predicted octanol–water partition coefficient (Wildman–Crippen LogP) is 8.19. The molecular weight excluding hydrogens is 540 g/mol. The average molecular weight is 589 g/mol. The molecule has 6 heteroatoms. The molecule has 2 aromatic carbocycles. The summed E-state index contributed by atoms with van der Waals surface area (Å²) in [5.41, 5.74) is 3.28. The second-order valence-electron chi connectivity index (χ2n) is 12.4. The molecule has 43 heavy (non-hydrogen) atoms. The molecule has 0 amide bonds. The highest BCUT2D eigenvalue weighted by Gasteiger charge is 2.32. The van der Waals surface area contributed by atoms with Gasteiger partial charge in [-0.2, -0.15) is 0 Å². The molecule has 232 valence electrons. The SMILES string of the molecule is C=C(CO)C(=O)Oc1ccc(-c2ccc(OC(=O)C(=C)COC)c(C3CCC(C4CCC(CCCC)CC4)CC3)c2)cc1. The lowest BCUT2D eigenvalue weighted by Gasteiger charge is -2.38. The summed E-state index contributed by atoms with van der Waals surface area (Å²) in [5.74, 6) is 2.71. The number of ether oxygens (including phenoxy) is 3. The fraction of sp³-hybridized carbons (Fsp3) is 0.514. The third-order valence-electron chi connectivity index (χ3n) is 9.43. The first-order valence-electron chi connectivity index (χ1n) is 16.0. The summed E-state index contributed by atoms with van der Waals surface area (Å²) in [7, 11) is 1.53. The third kappa shape index (κ3) is 8.90. The van der Waals surface area contributed by atoms with Gasteiger partial charge in [-0.3, -0.25) is 0 Å². The number of hydrogen-bond donors (Lipinski definition) is 1. The normalized spacial score (nSPS) is 22.0. The number of methoxy groups -OCH3 is 1. The van der Waals surface area contributed by atoms with Crippen LogP contribution in [0.4, 0.5) is 0 Å². The van der Waals surface area contributed by atoms with Gasteiger partial charge in [-0.15, -0.1) is 0 Å². The van der Waals surface area contributed by atoms with Crippen LogP contribution in [0.5, 0.6) is 11.5 Å². The Morgan fingerprint density at radius 1 is 0.814 bits per heavy atom. The highest BCUT2D eigenvalue weighted by molar-refractivity contribution is 5.90. The van der Waals surface area contributed by atoms with Gasteiger partial charge in [-0.05, 0) is 103 Å². The zero-order chi connectivity index (χ0) is 30.8. The standard InChI is InChI=1S/C37H48O6/c1-5-6-7-27-8-10-28(11-9-27)29-12-14-31(15-13-29)34-22-32(18-21-35(34)43-37(40)26(3)24-41-4)30-16-19-33(20-17-30)42-36(39)25(2)23-38/h16-22,27-29,31,38H,2-3,5-15,23-24H2,1,4H3. The minimum Gasteiger partial charge on any atom is -0.423 e. The summed E-state index contributed by atoms with van der Waals surface area (Å²) < 4.78 is 16.3. The van der Waals surface area contributed by atoms with Gasteiger partial charge in [0.05, 0.1) is 24.4 Å². The highest BCUT2D eigenvalue weighted by atomic mass is 16.5. The number of carbonyl (C=O) groups excluding carboxylic acids is 2. The van der Waals surface area contributed by atoms with Crippen molar-refractivity contribution in [3.8, 4) is 22.6 Å². The number of esters is 2. The zero-order valence-corrected chi connectivity index (χ0v) is 25.9. The second-order valence-corrected chi connectivity index (χ2v) is 12.4. The Hall–Kier alpha value is -3.22. The van der Waals surface area contributed by atoms with Gasteiger partial charge < -0.3 is 19.3 Å². The molecule has 0 aliphatic heterocycles. The maximum Gasteiger partial charge on any atom is 0.341 e. The van der Waals surface area contributed by atoms with Crippen LogP contribution in [-0.4, -0.2) is 37.4 Å². The topological polar surface area (TPSA) is 82.1 Å². The molecule has 2 saturated carbocycles. The van der Waals surface area contributed by atoms with E-state index in [-0.39, 0.29) is 17.8 Å². The molecular formula is C37H48O6. The summed E-state index contributed by atoms with van der Waals surface area (Å²) in [6.07, 6.45) is 14.2. The van der Waals surface area contributed by atoms with Crippen molar-refractivity contribution in [3.05, 3.63) is 72.3 Å². The summed E-state index contributed by atoms with van der Waals surface area (Å²) in [6.45, 7) is 9.30. The van der Waals surface area contributed by atoms with Crippen LogP contribution in [0.15, 0.2) is 66.8 Å². The Bertz CT molecular complexity index is 1250. The van der Waals surface area contributed by atoms with Crippen LogP contribution in [-0.2, 0) is 14.3 Å². The second kappa shape index (κ2) is 16.0. The van der Waals surface area contributed by atoms with E-state index in [9.17, 15) is 9.59 Å².